The number of carbonyl (C=O) groups is 9. The molecule has 7 amide bonds. The lowest BCUT2D eigenvalue weighted by Crippen LogP contribution is -2.60. The molecule has 0 unspecified atom stereocenters. The van der Waals surface area contributed by atoms with Crippen LogP contribution in [0.5, 0.6) is 0 Å². The number of nitrogens with one attached hydrogen (secondary N) is 7. The lowest BCUT2D eigenvalue weighted by atomic mass is 9.81. The summed E-state index contributed by atoms with van der Waals surface area (Å²) in [7, 11) is 0. The van der Waals surface area contributed by atoms with Gasteiger partial charge in [-0.25, -0.2) is 14.6 Å². The van der Waals surface area contributed by atoms with E-state index >= 15 is 0 Å². The number of rotatable bonds is 27. The van der Waals surface area contributed by atoms with Crippen molar-refractivity contribution in [3.8, 4) is 22.5 Å². The molecule has 0 spiro atoms. The number of carbonyl (C=O) groups excluding carboxylic acids is 9. The topological polar surface area (TPSA) is 411 Å². The van der Waals surface area contributed by atoms with Crippen LogP contribution in [0.3, 0.4) is 0 Å². The second-order valence-corrected chi connectivity index (χ2v) is 25.5. The summed E-state index contributed by atoms with van der Waals surface area (Å²) in [5, 5.41) is 71.1. The zero-order chi connectivity index (χ0) is 70.4. The maximum Gasteiger partial charge on any atom is 0.407 e. The summed E-state index contributed by atoms with van der Waals surface area (Å²) < 4.78 is 23.5. The highest BCUT2D eigenvalue weighted by atomic mass is 35.5. The number of halogens is 1. The van der Waals surface area contributed by atoms with Gasteiger partial charge in [-0.3, -0.25) is 38.4 Å². The van der Waals surface area contributed by atoms with Crippen molar-refractivity contribution in [2.24, 2.45) is 0 Å². The molecule has 522 valence electrons. The number of fused-ring (bicyclic) bond motifs is 8. The summed E-state index contributed by atoms with van der Waals surface area (Å²) in [6.45, 7) is -0.132. The van der Waals surface area contributed by atoms with Crippen molar-refractivity contribution >= 4 is 75.8 Å². The highest BCUT2D eigenvalue weighted by Gasteiger charge is 2.47. The molecule has 12 N–H and O–H groups in total. The van der Waals surface area contributed by atoms with Crippen LogP contribution in [-0.2, 0) is 88.9 Å². The van der Waals surface area contributed by atoms with Gasteiger partial charge in [-0.05, 0) is 95.7 Å². The number of benzene rings is 4. The fraction of sp³-hybridized carbons (Fsp3) is 0.414. The first-order valence-electron chi connectivity index (χ1n) is 32.6. The van der Waals surface area contributed by atoms with E-state index in [2.05, 4.69) is 37.2 Å². The van der Waals surface area contributed by atoms with Gasteiger partial charge in [-0.2, -0.15) is 0 Å². The Balaban J connectivity index is 0.657. The van der Waals surface area contributed by atoms with Crippen LogP contribution in [0.2, 0.25) is 5.02 Å². The van der Waals surface area contributed by atoms with Gasteiger partial charge >= 0.3 is 12.1 Å². The Bertz CT molecular complexity index is 4180. The number of aryl methyl sites for hydroxylation is 1. The Morgan fingerprint density at radius 1 is 0.758 bits per heavy atom. The van der Waals surface area contributed by atoms with Crippen molar-refractivity contribution in [2.75, 3.05) is 46.2 Å². The number of ether oxygens (including phenoxy) is 4. The molecule has 5 aliphatic rings. The third-order valence-electron chi connectivity index (χ3n) is 18.9. The zero-order valence-corrected chi connectivity index (χ0v) is 54.9. The summed E-state index contributed by atoms with van der Waals surface area (Å²) in [5.74, 6) is -6.10. The van der Waals surface area contributed by atoms with Crippen LogP contribution >= 0.6 is 11.6 Å². The fourth-order valence-electron chi connectivity index (χ4n) is 13.6. The van der Waals surface area contributed by atoms with Crippen LogP contribution in [0.4, 0.5) is 4.79 Å². The molecule has 0 radical (unpaired) electrons. The van der Waals surface area contributed by atoms with Gasteiger partial charge in [0.2, 0.25) is 35.4 Å². The van der Waals surface area contributed by atoms with Crippen molar-refractivity contribution in [1.29, 1.82) is 0 Å². The first-order valence-corrected chi connectivity index (χ1v) is 33.0. The first-order chi connectivity index (χ1) is 47.6. The molecule has 1 saturated heterocycles. The van der Waals surface area contributed by atoms with E-state index in [9.17, 15) is 73.5 Å². The van der Waals surface area contributed by atoms with Crippen molar-refractivity contribution in [3.63, 3.8) is 0 Å². The number of esters is 1. The summed E-state index contributed by atoms with van der Waals surface area (Å²) in [5.41, 5.74) is 6.88. The SMILES string of the molecule is CC[C@@]1(O)C(=O)OCc2c1cc1n(c2=O)Cc2c-1nc1cc(Cl)c(C)c3c1c2[C@@H](NC(=O)COCNC(=O)CCC(=O)[C@H](Cc1ccccc1)NC(=O)CNC(=O)CNC(=O)[C@H](CCC(=O)NC[C@@H]1O[C@H](CO)[C@@H](O)[C@H](O)[C@H]1O)NC(=O)OCC1c2ccccc2-c2ccccc21)CC3. The van der Waals surface area contributed by atoms with Gasteiger partial charge < -0.3 is 86.3 Å². The molecule has 0 bridgehead atoms. The number of ketones is 1. The number of amides is 7. The summed E-state index contributed by atoms with van der Waals surface area (Å²) in [6, 6.07) is 24.1. The third-order valence-corrected chi connectivity index (χ3v) is 19.3. The highest BCUT2D eigenvalue weighted by molar-refractivity contribution is 6.32. The van der Waals surface area contributed by atoms with Gasteiger partial charge in [0, 0.05) is 53.3 Å². The number of pyridine rings is 2. The monoisotopic (exact) mass is 1380 g/mol. The van der Waals surface area contributed by atoms with Gasteiger partial charge in [0.25, 0.3) is 5.56 Å². The number of Topliss-reactive ketones (excluding diaryl/α,β-unsaturated/α-hetero) is 1. The molecule has 11 rings (SSSR count). The number of hydrogen-bond acceptors (Lipinski definition) is 20. The molecule has 29 heteroatoms. The summed E-state index contributed by atoms with van der Waals surface area (Å²) >= 11 is 6.74. The predicted molar refractivity (Wildman–Crippen MR) is 353 cm³/mol. The van der Waals surface area contributed by atoms with Gasteiger partial charge in [0.05, 0.1) is 60.8 Å². The van der Waals surface area contributed by atoms with Gasteiger partial charge in [0.15, 0.2) is 11.4 Å². The van der Waals surface area contributed by atoms with Gasteiger partial charge in [-0.1, -0.05) is 97.4 Å². The van der Waals surface area contributed by atoms with E-state index in [-0.39, 0.29) is 75.5 Å². The highest BCUT2D eigenvalue weighted by Crippen LogP contribution is 2.48. The molecule has 6 aromatic rings. The maximum absolute atomic E-state index is 14.1. The standard InChI is InChI=1S/C70H76ClN9O19/c1-3-70(95)45-24-51-62-42(29-80(51)67(92)44(45)32-97-68(70)93)61-47(18-17-37-35(2)46(71)25-50(78-62)60(37)61)76-59(87)33-96-34-75-56(84)22-20-52(82)49(23-36-11-5-4-6-12-36)77-58(86)28-73-57(85)27-74-66(91)48(19-21-55(83)72-26-53-63(88)65(90)64(89)54(30-81)99-53)79-69(94)98-31-43-40-15-9-7-13-38(40)39-14-8-10-16-41(39)43/h4-16,24-25,43,47-49,53-54,63-65,81,88-90,95H,3,17-23,26-34H2,1-2H3,(H,72,83)(H,73,85)(H,74,91)(H,75,84)(H,76,87)(H,77,86)(H,79,94)/t47-,48-,49-,53-,54+,63-,64+,65+,70-/m0/s1. The first kappa shape index (κ1) is 70.8. The minimum Gasteiger partial charge on any atom is -0.458 e. The lowest BCUT2D eigenvalue weighted by molar-refractivity contribution is -0.227. The van der Waals surface area contributed by atoms with E-state index in [4.69, 9.17) is 35.5 Å². The van der Waals surface area contributed by atoms with E-state index in [0.717, 1.165) is 44.3 Å². The van der Waals surface area contributed by atoms with Gasteiger partial charge in [0.1, 0.15) is 63.1 Å². The maximum atomic E-state index is 14.1. The summed E-state index contributed by atoms with van der Waals surface area (Å²) in [6.07, 6.45) is -8.86. The molecule has 9 atom stereocenters. The largest absolute Gasteiger partial charge is 0.458 e. The van der Waals surface area contributed by atoms with Crippen molar-refractivity contribution < 1.29 is 87.6 Å². The molecule has 1 fully saturated rings. The fourth-order valence-corrected chi connectivity index (χ4v) is 13.8. The van der Waals surface area contributed by atoms with Crippen LogP contribution < -0.4 is 42.8 Å². The second kappa shape index (κ2) is 30.7. The van der Waals surface area contributed by atoms with Crippen molar-refractivity contribution in [1.82, 2.24) is 46.8 Å². The minimum atomic E-state index is -2.04. The average Bonchev–Trinajstić information content (AvgIpc) is 1.61. The Kier molecular flexibility index (Phi) is 22.0. The number of hydrogen-bond donors (Lipinski definition) is 12. The van der Waals surface area contributed by atoms with Crippen LogP contribution in [-0.4, -0.2) is 177 Å². The van der Waals surface area contributed by atoms with Crippen LogP contribution in [0.15, 0.2) is 95.8 Å². The zero-order valence-electron chi connectivity index (χ0n) is 54.1. The number of alkyl carbamates (subject to hydrolysis) is 1. The van der Waals surface area contributed by atoms with Crippen molar-refractivity contribution in [3.05, 3.63) is 156 Å². The molecule has 5 heterocycles. The third kappa shape index (κ3) is 15.2. The smallest absolute Gasteiger partial charge is 0.407 e. The molecule has 3 aliphatic heterocycles. The van der Waals surface area contributed by atoms with E-state index in [0.29, 0.717) is 45.9 Å². The summed E-state index contributed by atoms with van der Waals surface area (Å²) in [4.78, 5) is 139. The molecule has 0 saturated carbocycles. The van der Waals surface area contributed by atoms with Crippen LogP contribution in [0, 0.1) is 6.92 Å². The Hall–Kier alpha value is -9.52. The lowest BCUT2D eigenvalue weighted by Gasteiger charge is -2.40. The number of nitrogens with zero attached hydrogens (tertiary/aromatic N) is 2. The number of aliphatic hydroxyl groups is 5. The van der Waals surface area contributed by atoms with Crippen LogP contribution in [0.1, 0.15) is 107 Å². The van der Waals surface area contributed by atoms with Crippen molar-refractivity contribution in [2.45, 2.75) is 139 Å². The minimum absolute atomic E-state index is 0.0149. The normalized spacial score (nSPS) is 20.7. The van der Waals surface area contributed by atoms with E-state index in [1.165, 1.54) is 4.57 Å². The van der Waals surface area contributed by atoms with E-state index in [1.54, 1.807) is 49.4 Å². The van der Waals surface area contributed by atoms with E-state index < -0.39 is 153 Å². The predicted octanol–water partition coefficient (Wildman–Crippen LogP) is 1.19. The Morgan fingerprint density at radius 2 is 1.44 bits per heavy atom. The molecular weight excluding hydrogens is 1310 g/mol. The number of aliphatic hydroxyl groups excluding tert-OH is 4. The second-order valence-electron chi connectivity index (χ2n) is 25.1. The molecular formula is C70H76ClN9O19. The van der Waals surface area contributed by atoms with Crippen LogP contribution in [0.25, 0.3) is 33.4 Å². The molecule has 28 nitrogen and oxygen atoms in total. The molecule has 2 aromatic heterocycles. The molecule has 2 aliphatic carbocycles. The molecule has 4 aromatic carbocycles. The Labute approximate surface area is 571 Å². The van der Waals surface area contributed by atoms with E-state index in [1.807, 2.05) is 55.5 Å². The average molecular weight is 1380 g/mol. The number of aromatic nitrogens is 2. The van der Waals surface area contributed by atoms with Gasteiger partial charge in [-0.15, -0.1) is 0 Å². The Morgan fingerprint density at radius 3 is 2.16 bits per heavy atom. The quantitative estimate of drug-likeness (QED) is 0.0195. The number of cyclic esters (lactones) is 1. The molecule has 99 heavy (non-hydrogen) atoms.